The average Bonchev–Trinajstić information content (AvgIpc) is 2.72. The number of methoxy groups -OCH3 is 1. The van der Waals surface area contributed by atoms with Gasteiger partial charge in [0.2, 0.25) is 6.41 Å². The summed E-state index contributed by atoms with van der Waals surface area (Å²) >= 11 is 0. The Morgan fingerprint density at radius 1 is 1.37 bits per heavy atom. The van der Waals surface area contributed by atoms with E-state index in [1.165, 1.54) is 13.2 Å². The van der Waals surface area contributed by atoms with E-state index < -0.39 is 12.1 Å². The third kappa shape index (κ3) is 2.09. The highest BCUT2D eigenvalue weighted by Gasteiger charge is 2.23. The zero-order valence-corrected chi connectivity index (χ0v) is 10.1. The molecule has 0 spiro atoms. The molecule has 0 unspecified atom stereocenters. The van der Waals surface area contributed by atoms with Crippen molar-refractivity contribution in [2.45, 2.75) is 12.8 Å². The van der Waals surface area contributed by atoms with Crippen LogP contribution in [0.1, 0.15) is 17.7 Å². The fourth-order valence-electron chi connectivity index (χ4n) is 2.16. The van der Waals surface area contributed by atoms with Crippen molar-refractivity contribution in [3.63, 3.8) is 0 Å². The van der Waals surface area contributed by atoms with Gasteiger partial charge in [0.15, 0.2) is 0 Å². The minimum atomic E-state index is -2.83. The molecular formula is C13H11F2NO3. The number of aldehydes is 1. The van der Waals surface area contributed by atoms with E-state index in [-0.39, 0.29) is 12.0 Å². The van der Waals surface area contributed by atoms with Crippen molar-refractivity contribution in [2.75, 3.05) is 7.11 Å². The van der Waals surface area contributed by atoms with Gasteiger partial charge in [-0.05, 0) is 23.8 Å². The molecule has 2 aromatic rings. The molecule has 0 aliphatic carbocycles. The topological polar surface area (TPSA) is 48.3 Å². The van der Waals surface area contributed by atoms with Gasteiger partial charge in [-0.25, -0.2) is 8.78 Å². The van der Waals surface area contributed by atoms with E-state index in [4.69, 9.17) is 4.74 Å². The minimum absolute atomic E-state index is 0.158. The number of hydrogen-bond donors (Lipinski definition) is 0. The van der Waals surface area contributed by atoms with Crippen LogP contribution in [-0.4, -0.2) is 24.4 Å². The predicted molar refractivity (Wildman–Crippen MR) is 65.4 cm³/mol. The van der Waals surface area contributed by atoms with E-state index in [1.54, 1.807) is 12.1 Å². The van der Waals surface area contributed by atoms with Crippen LogP contribution in [0.3, 0.4) is 0 Å². The van der Waals surface area contributed by atoms with Crippen molar-refractivity contribution in [2.24, 2.45) is 0 Å². The van der Waals surface area contributed by atoms with Crippen molar-refractivity contribution in [1.29, 1.82) is 0 Å². The Morgan fingerprint density at radius 2 is 2.11 bits per heavy atom. The van der Waals surface area contributed by atoms with E-state index in [0.717, 1.165) is 4.57 Å². The quantitative estimate of drug-likeness (QED) is 0.781. The molecule has 0 atom stereocenters. The predicted octanol–water partition coefficient (Wildman–Crippen LogP) is 2.37. The fourth-order valence-corrected chi connectivity index (χ4v) is 2.16. The summed E-state index contributed by atoms with van der Waals surface area (Å²) in [5, 5.41) is 0.425. The van der Waals surface area contributed by atoms with Crippen LogP contribution < -0.4 is 4.74 Å². The van der Waals surface area contributed by atoms with E-state index in [1.807, 2.05) is 0 Å². The molecule has 0 aliphatic rings. The van der Waals surface area contributed by atoms with Gasteiger partial charge in [0.25, 0.3) is 6.43 Å². The Morgan fingerprint density at radius 3 is 2.63 bits per heavy atom. The number of nitrogens with zero attached hydrogens (tertiary/aromatic N) is 1. The molecule has 0 N–H and O–H groups in total. The first-order valence-corrected chi connectivity index (χ1v) is 5.51. The van der Waals surface area contributed by atoms with Crippen LogP contribution >= 0.6 is 0 Å². The van der Waals surface area contributed by atoms with E-state index in [9.17, 15) is 18.4 Å². The molecule has 100 valence electrons. The van der Waals surface area contributed by atoms with E-state index in [2.05, 4.69) is 0 Å². The van der Waals surface area contributed by atoms with Crippen molar-refractivity contribution in [3.05, 3.63) is 29.5 Å². The second kappa shape index (κ2) is 5.17. The molecule has 2 rings (SSSR count). The average molecular weight is 267 g/mol. The molecule has 0 saturated carbocycles. The first-order valence-electron chi connectivity index (χ1n) is 5.51. The number of halogens is 2. The molecule has 1 aromatic heterocycles. The van der Waals surface area contributed by atoms with Crippen LogP contribution in [0.5, 0.6) is 5.75 Å². The second-order valence-corrected chi connectivity index (χ2v) is 3.89. The number of hydrogen-bond acceptors (Lipinski definition) is 3. The lowest BCUT2D eigenvalue weighted by Crippen LogP contribution is -2.03. The second-order valence-electron chi connectivity index (χ2n) is 3.89. The van der Waals surface area contributed by atoms with Gasteiger partial charge >= 0.3 is 0 Å². The van der Waals surface area contributed by atoms with Crippen molar-refractivity contribution in [3.8, 4) is 5.75 Å². The number of carbonyl (C=O) groups excluding carboxylic acids is 2. The Kier molecular flexibility index (Phi) is 3.59. The molecule has 19 heavy (non-hydrogen) atoms. The molecule has 4 nitrogen and oxygen atoms in total. The number of aromatic nitrogens is 1. The zero-order chi connectivity index (χ0) is 14.0. The maximum absolute atomic E-state index is 13.1. The van der Waals surface area contributed by atoms with Crippen LogP contribution in [0.4, 0.5) is 8.78 Å². The summed E-state index contributed by atoms with van der Waals surface area (Å²) in [5.41, 5.74) is 0.0549. The van der Waals surface area contributed by atoms with Gasteiger partial charge in [-0.15, -0.1) is 0 Å². The number of alkyl halides is 2. The molecule has 0 aliphatic heterocycles. The van der Waals surface area contributed by atoms with Gasteiger partial charge in [-0.2, -0.15) is 0 Å². The normalized spacial score (nSPS) is 10.9. The maximum Gasteiger partial charge on any atom is 0.279 e. The highest BCUT2D eigenvalue weighted by atomic mass is 19.3. The summed E-state index contributed by atoms with van der Waals surface area (Å²) in [6.45, 7) is 0. The largest absolute Gasteiger partial charge is 0.497 e. The van der Waals surface area contributed by atoms with Crippen LogP contribution in [0.2, 0.25) is 0 Å². The molecular weight excluding hydrogens is 256 g/mol. The van der Waals surface area contributed by atoms with Gasteiger partial charge < -0.3 is 9.53 Å². The van der Waals surface area contributed by atoms with Gasteiger partial charge in [0, 0.05) is 11.8 Å². The fraction of sp³-hybridized carbons (Fsp3) is 0.231. The van der Waals surface area contributed by atoms with Gasteiger partial charge in [0.1, 0.15) is 12.0 Å². The molecule has 6 heteroatoms. The lowest BCUT2D eigenvalue weighted by Gasteiger charge is -2.03. The van der Waals surface area contributed by atoms with Gasteiger partial charge in [0.05, 0.1) is 18.3 Å². The molecule has 0 radical (unpaired) electrons. The molecule has 1 heterocycles. The maximum atomic E-state index is 13.1. The highest BCUT2D eigenvalue weighted by molar-refractivity contribution is 5.93. The summed E-state index contributed by atoms with van der Waals surface area (Å²) in [5.74, 6) is 0.475. The SMILES string of the molecule is COc1ccc2c(c1)c(CC=O)c(C(F)F)n2C=O. The Labute approximate surface area is 107 Å². The first kappa shape index (κ1) is 13.2. The van der Waals surface area contributed by atoms with Crippen LogP contribution in [-0.2, 0) is 16.0 Å². The van der Waals surface area contributed by atoms with Crippen molar-refractivity contribution >= 4 is 23.6 Å². The summed E-state index contributed by atoms with van der Waals surface area (Å²) in [6, 6.07) is 4.63. The Bertz CT molecular complexity index is 634. The Balaban J connectivity index is 2.85. The van der Waals surface area contributed by atoms with Gasteiger partial charge in [-0.3, -0.25) is 9.36 Å². The third-order valence-electron chi connectivity index (χ3n) is 2.96. The minimum Gasteiger partial charge on any atom is -0.497 e. The molecule has 1 aromatic carbocycles. The molecule has 0 bridgehead atoms. The zero-order valence-electron chi connectivity index (χ0n) is 10.1. The van der Waals surface area contributed by atoms with Crippen molar-refractivity contribution < 1.29 is 23.1 Å². The third-order valence-corrected chi connectivity index (χ3v) is 2.96. The molecule has 0 saturated heterocycles. The standard InChI is InChI=1S/C13H11F2NO3/c1-19-8-2-3-11-10(6-8)9(4-5-17)12(13(14)15)16(11)7-18/h2-3,5-7,13H,4H2,1H3. The smallest absolute Gasteiger partial charge is 0.279 e. The van der Waals surface area contributed by atoms with E-state index in [0.29, 0.717) is 29.3 Å². The number of benzene rings is 1. The number of rotatable bonds is 5. The highest BCUT2D eigenvalue weighted by Crippen LogP contribution is 2.34. The number of ether oxygens (including phenoxy) is 1. The van der Waals surface area contributed by atoms with Crippen molar-refractivity contribution in [1.82, 2.24) is 4.57 Å². The van der Waals surface area contributed by atoms with Crippen LogP contribution in [0, 0.1) is 0 Å². The monoisotopic (exact) mass is 267 g/mol. The first-order chi connectivity index (χ1) is 9.13. The molecule has 0 amide bonds. The summed E-state index contributed by atoms with van der Waals surface area (Å²) in [7, 11) is 1.45. The number of fused-ring (bicyclic) bond motifs is 1. The molecule has 0 fully saturated rings. The summed E-state index contributed by atoms with van der Waals surface area (Å²) in [4.78, 5) is 21.7. The lowest BCUT2D eigenvalue weighted by atomic mass is 10.1. The van der Waals surface area contributed by atoms with Crippen LogP contribution in [0.15, 0.2) is 18.2 Å². The lowest BCUT2D eigenvalue weighted by molar-refractivity contribution is -0.107. The summed E-state index contributed by atoms with van der Waals surface area (Å²) < 4.78 is 32.1. The van der Waals surface area contributed by atoms with Gasteiger partial charge in [-0.1, -0.05) is 0 Å². The van der Waals surface area contributed by atoms with Crippen LogP contribution in [0.25, 0.3) is 10.9 Å². The number of carbonyl (C=O) groups is 2. The van der Waals surface area contributed by atoms with E-state index >= 15 is 0 Å². The summed E-state index contributed by atoms with van der Waals surface area (Å²) in [6.07, 6.45) is -2.15. The Hall–Kier alpha value is -2.24.